The van der Waals surface area contributed by atoms with Crippen molar-refractivity contribution >= 4 is 11.7 Å². The fourth-order valence-electron chi connectivity index (χ4n) is 1.51. The fraction of sp³-hybridized carbons (Fsp3) is 0.714. The third kappa shape index (κ3) is 2.02. The van der Waals surface area contributed by atoms with Crippen molar-refractivity contribution in [2.75, 3.05) is 26.7 Å². The largest absolute Gasteiger partial charge is 0.312 e. The Hall–Kier alpha value is -0.940. The van der Waals surface area contributed by atoms with Crippen LogP contribution in [0.4, 0.5) is 0 Å². The van der Waals surface area contributed by atoms with Crippen molar-refractivity contribution in [3.63, 3.8) is 0 Å². The number of nitrogens with two attached hydrogens (primary N) is 1. The van der Waals surface area contributed by atoms with Crippen molar-refractivity contribution < 1.29 is 14.1 Å². The number of Topliss-reactive ketones (excluding diaryl/α,β-unsaturated/α-hetero) is 1. The van der Waals surface area contributed by atoms with Crippen molar-refractivity contribution in [1.29, 1.82) is 0 Å². The summed E-state index contributed by atoms with van der Waals surface area (Å²) in [4.78, 5) is 21.9. The number of ketones is 1. The first-order valence-electron chi connectivity index (χ1n) is 3.90. The number of carbonyl (C=O) groups is 2. The Morgan fingerprint density at radius 3 is 2.83 bits per heavy atom. The molecule has 0 saturated carbocycles. The molecule has 3 N–H and O–H groups in total. The van der Waals surface area contributed by atoms with Gasteiger partial charge in [0.25, 0.3) is 5.91 Å². The quantitative estimate of drug-likeness (QED) is 0.228. The van der Waals surface area contributed by atoms with Crippen molar-refractivity contribution in [2.24, 2.45) is 5.84 Å². The van der Waals surface area contributed by atoms with E-state index < -0.39 is 0 Å². The molecule has 1 unspecified atom stereocenters. The van der Waals surface area contributed by atoms with Gasteiger partial charge in [-0.2, -0.15) is 0 Å². The minimum Gasteiger partial charge on any atom is -0.312 e. The van der Waals surface area contributed by atoms with Crippen LogP contribution >= 0.6 is 0 Å². The maximum atomic E-state index is 10.9. The first-order chi connectivity index (χ1) is 5.56. The summed E-state index contributed by atoms with van der Waals surface area (Å²) in [7, 11) is 1.89. The summed E-state index contributed by atoms with van der Waals surface area (Å²) in [6.45, 7) is 1.49. The average Bonchev–Trinajstić information content (AvgIpc) is 2.30. The van der Waals surface area contributed by atoms with Gasteiger partial charge in [0.1, 0.15) is 6.54 Å². The molecule has 12 heavy (non-hydrogen) atoms. The predicted molar refractivity (Wildman–Crippen MR) is 42.7 cm³/mol. The monoisotopic (exact) mass is 172 g/mol. The third-order valence-electron chi connectivity index (χ3n) is 2.17. The highest BCUT2D eigenvalue weighted by Crippen LogP contribution is 2.12. The number of hydrogen-bond acceptors (Lipinski definition) is 3. The molecular weight excluding hydrogens is 158 g/mol. The van der Waals surface area contributed by atoms with E-state index in [1.54, 1.807) is 0 Å². The second-order valence-corrected chi connectivity index (χ2v) is 3.52. The number of rotatable bonds is 2. The molecule has 1 rings (SSSR count). The van der Waals surface area contributed by atoms with E-state index in [1.165, 1.54) is 0 Å². The second-order valence-electron chi connectivity index (χ2n) is 3.52. The summed E-state index contributed by atoms with van der Waals surface area (Å²) < 4.78 is 0.488. The van der Waals surface area contributed by atoms with Gasteiger partial charge in [0.05, 0.1) is 20.0 Å². The number of quaternary nitrogens is 1. The topological polar surface area (TPSA) is 72.2 Å². The van der Waals surface area contributed by atoms with Crippen LogP contribution in [0, 0.1) is 0 Å². The predicted octanol–water partition coefficient (Wildman–Crippen LogP) is -1.60. The maximum Gasteiger partial charge on any atom is 0.289 e. The smallest absolute Gasteiger partial charge is 0.289 e. The van der Waals surface area contributed by atoms with Crippen molar-refractivity contribution in [3.05, 3.63) is 0 Å². The van der Waals surface area contributed by atoms with E-state index in [9.17, 15) is 9.59 Å². The molecule has 0 bridgehead atoms. The molecule has 1 saturated heterocycles. The number of carbonyl (C=O) groups excluding carboxylic acids is 2. The molecular formula is C7H14N3O2+. The lowest BCUT2D eigenvalue weighted by Crippen LogP contribution is -2.50. The number of hydrazine groups is 1. The van der Waals surface area contributed by atoms with E-state index in [-0.39, 0.29) is 11.7 Å². The molecule has 0 radical (unpaired) electrons. The molecule has 0 aromatic heterocycles. The molecule has 0 aromatic rings. The average molecular weight is 172 g/mol. The van der Waals surface area contributed by atoms with Gasteiger partial charge in [-0.15, -0.1) is 0 Å². The Morgan fingerprint density at radius 1 is 1.75 bits per heavy atom. The lowest BCUT2D eigenvalue weighted by atomic mass is 10.4. The number of likely N-dealkylation sites (N-methyl/N-ethyl adjacent to an activating group) is 1. The third-order valence-corrected chi connectivity index (χ3v) is 2.17. The SMILES string of the molecule is C[N+]1(CC(=O)NN)CCC(=O)C1. The lowest BCUT2D eigenvalue weighted by molar-refractivity contribution is -0.886. The number of hydrogen-bond donors (Lipinski definition) is 2. The minimum absolute atomic E-state index is 0.216. The van der Waals surface area contributed by atoms with E-state index in [0.29, 0.717) is 24.0 Å². The summed E-state index contributed by atoms with van der Waals surface area (Å²) in [5.41, 5.74) is 2.07. The summed E-state index contributed by atoms with van der Waals surface area (Å²) >= 11 is 0. The van der Waals surface area contributed by atoms with Gasteiger partial charge in [0.2, 0.25) is 0 Å². The normalized spacial score (nSPS) is 29.0. The Labute approximate surface area is 71.1 Å². The zero-order valence-electron chi connectivity index (χ0n) is 7.17. The molecule has 0 aliphatic carbocycles. The van der Waals surface area contributed by atoms with E-state index >= 15 is 0 Å². The van der Waals surface area contributed by atoms with Crippen molar-refractivity contribution in [2.45, 2.75) is 6.42 Å². The van der Waals surface area contributed by atoms with Gasteiger partial charge >= 0.3 is 0 Å². The van der Waals surface area contributed by atoms with E-state index in [2.05, 4.69) is 5.43 Å². The maximum absolute atomic E-state index is 10.9. The summed E-state index contributed by atoms with van der Waals surface area (Å²) in [6, 6.07) is 0. The minimum atomic E-state index is -0.216. The van der Waals surface area contributed by atoms with Crippen LogP contribution in [-0.4, -0.2) is 42.9 Å². The molecule has 1 fully saturated rings. The van der Waals surface area contributed by atoms with Gasteiger partial charge < -0.3 is 4.48 Å². The molecule has 0 spiro atoms. The first kappa shape index (κ1) is 9.15. The van der Waals surface area contributed by atoms with Gasteiger partial charge in [0.15, 0.2) is 12.3 Å². The van der Waals surface area contributed by atoms with Crippen molar-refractivity contribution in [1.82, 2.24) is 5.43 Å². The Kier molecular flexibility index (Phi) is 2.44. The highest BCUT2D eigenvalue weighted by atomic mass is 16.2. The Bertz CT molecular complexity index is 217. The van der Waals surface area contributed by atoms with Crippen molar-refractivity contribution in [3.8, 4) is 0 Å². The molecule has 68 valence electrons. The second kappa shape index (κ2) is 3.20. The van der Waals surface area contributed by atoms with Crippen LogP contribution in [0.15, 0.2) is 0 Å². The summed E-state index contributed by atoms with van der Waals surface area (Å²) in [5.74, 6) is 4.96. The molecule has 5 heteroatoms. The van der Waals surface area contributed by atoms with E-state index in [1.807, 2.05) is 7.05 Å². The molecule has 1 atom stereocenters. The molecule has 5 nitrogen and oxygen atoms in total. The molecule has 1 aliphatic heterocycles. The lowest BCUT2D eigenvalue weighted by Gasteiger charge is -2.26. The van der Waals surface area contributed by atoms with Gasteiger partial charge in [-0.3, -0.25) is 15.0 Å². The van der Waals surface area contributed by atoms with Crippen LogP contribution in [-0.2, 0) is 9.59 Å². The fourth-order valence-corrected chi connectivity index (χ4v) is 1.51. The number of nitrogens with one attached hydrogen (secondary N) is 1. The first-order valence-corrected chi connectivity index (χ1v) is 3.90. The van der Waals surface area contributed by atoms with Gasteiger partial charge in [0, 0.05) is 0 Å². The van der Waals surface area contributed by atoms with Crippen LogP contribution < -0.4 is 11.3 Å². The van der Waals surface area contributed by atoms with Crippen LogP contribution in [0.2, 0.25) is 0 Å². The zero-order chi connectivity index (χ0) is 9.19. The van der Waals surface area contributed by atoms with Crippen LogP contribution in [0.5, 0.6) is 0 Å². The van der Waals surface area contributed by atoms with E-state index in [4.69, 9.17) is 5.84 Å². The Morgan fingerprint density at radius 2 is 2.42 bits per heavy atom. The highest BCUT2D eigenvalue weighted by Gasteiger charge is 2.34. The van der Waals surface area contributed by atoms with Gasteiger partial charge in [-0.25, -0.2) is 5.84 Å². The number of nitrogens with zero attached hydrogens (tertiary/aromatic N) is 1. The molecule has 0 aromatic carbocycles. The van der Waals surface area contributed by atoms with Crippen LogP contribution in [0.25, 0.3) is 0 Å². The summed E-state index contributed by atoms with van der Waals surface area (Å²) in [5, 5.41) is 0. The highest BCUT2D eigenvalue weighted by molar-refractivity contribution is 5.82. The van der Waals surface area contributed by atoms with Gasteiger partial charge in [-0.05, 0) is 0 Å². The summed E-state index contributed by atoms with van der Waals surface area (Å²) in [6.07, 6.45) is 0.578. The number of amides is 1. The molecule has 1 heterocycles. The Balaban J connectivity index is 2.50. The van der Waals surface area contributed by atoms with E-state index in [0.717, 1.165) is 6.54 Å². The zero-order valence-corrected chi connectivity index (χ0v) is 7.17. The molecule has 1 aliphatic rings. The molecule has 1 amide bonds. The van der Waals surface area contributed by atoms with Crippen LogP contribution in [0.1, 0.15) is 6.42 Å². The van der Waals surface area contributed by atoms with Gasteiger partial charge in [-0.1, -0.05) is 0 Å². The number of likely N-dealkylation sites (tertiary alicyclic amines) is 1. The standard InChI is InChI=1S/C7H13N3O2/c1-10(5-7(12)9-8)3-2-6(11)4-10/h2-5,8H2,1H3/p+1. The van der Waals surface area contributed by atoms with Crippen LogP contribution in [0.3, 0.4) is 0 Å².